The fourth-order valence-corrected chi connectivity index (χ4v) is 3.31. The minimum Gasteiger partial charge on any atom is -0.322 e. The molecule has 2 aromatic heterocycles. The number of hydrogen-bond donors (Lipinski definition) is 1. The number of nitrogens with two attached hydrogens (primary N) is 1. The van der Waals surface area contributed by atoms with Crippen molar-refractivity contribution in [1.29, 1.82) is 0 Å². The van der Waals surface area contributed by atoms with E-state index in [1.165, 1.54) is 4.88 Å². The Kier molecular flexibility index (Phi) is 3.59. The molecule has 1 unspecified atom stereocenters. The fraction of sp³-hybridized carbons (Fsp3) is 0.143. The standard InChI is InChI=1S/C14H12BrN3S/c15-11-5-9-3-1-2-4-13(9)18-14(11)12(16)6-10-7-17-8-19-10/h1-5,7-8,12H,6,16H2. The van der Waals surface area contributed by atoms with Crippen LogP contribution in [0.25, 0.3) is 10.9 Å². The molecule has 5 heteroatoms. The van der Waals surface area contributed by atoms with Gasteiger partial charge in [0.2, 0.25) is 0 Å². The summed E-state index contributed by atoms with van der Waals surface area (Å²) in [5, 5.41) is 1.11. The highest BCUT2D eigenvalue weighted by Gasteiger charge is 2.14. The number of benzene rings is 1. The highest BCUT2D eigenvalue weighted by Crippen LogP contribution is 2.27. The van der Waals surface area contributed by atoms with Crippen molar-refractivity contribution in [2.75, 3.05) is 0 Å². The van der Waals surface area contributed by atoms with E-state index in [-0.39, 0.29) is 6.04 Å². The molecule has 3 aromatic rings. The number of nitrogens with zero attached hydrogens (tertiary/aromatic N) is 2. The van der Waals surface area contributed by atoms with Crippen LogP contribution in [0.4, 0.5) is 0 Å². The Morgan fingerprint density at radius 2 is 2.16 bits per heavy atom. The van der Waals surface area contributed by atoms with Crippen molar-refractivity contribution in [3.05, 3.63) is 57.1 Å². The number of rotatable bonds is 3. The summed E-state index contributed by atoms with van der Waals surface area (Å²) in [5.41, 5.74) is 9.96. The molecule has 0 aliphatic carbocycles. The van der Waals surface area contributed by atoms with E-state index in [0.29, 0.717) is 0 Å². The van der Waals surface area contributed by atoms with E-state index in [1.54, 1.807) is 11.3 Å². The maximum Gasteiger partial charge on any atom is 0.0794 e. The van der Waals surface area contributed by atoms with Gasteiger partial charge in [-0.15, -0.1) is 11.3 Å². The lowest BCUT2D eigenvalue weighted by Gasteiger charge is -2.13. The van der Waals surface area contributed by atoms with Crippen molar-refractivity contribution in [3.63, 3.8) is 0 Å². The van der Waals surface area contributed by atoms with Crippen LogP contribution in [0.1, 0.15) is 16.6 Å². The molecular weight excluding hydrogens is 322 g/mol. The lowest BCUT2D eigenvalue weighted by molar-refractivity contribution is 0.702. The second-order valence-corrected chi connectivity index (χ2v) is 6.15. The van der Waals surface area contributed by atoms with Crippen molar-refractivity contribution >= 4 is 38.2 Å². The summed E-state index contributed by atoms with van der Waals surface area (Å²) >= 11 is 5.19. The lowest BCUT2D eigenvalue weighted by atomic mass is 10.1. The molecule has 0 radical (unpaired) electrons. The van der Waals surface area contributed by atoms with Crippen LogP contribution in [0, 0.1) is 0 Å². The lowest BCUT2D eigenvalue weighted by Crippen LogP contribution is -2.15. The molecule has 0 bridgehead atoms. The molecule has 1 atom stereocenters. The predicted molar refractivity (Wildman–Crippen MR) is 82.2 cm³/mol. The molecule has 3 rings (SSSR count). The number of aromatic nitrogens is 2. The molecule has 0 spiro atoms. The van der Waals surface area contributed by atoms with Crippen molar-refractivity contribution in [2.24, 2.45) is 5.73 Å². The summed E-state index contributed by atoms with van der Waals surface area (Å²) in [5.74, 6) is 0. The fourth-order valence-electron chi connectivity index (χ4n) is 2.02. The van der Waals surface area contributed by atoms with Gasteiger partial charge in [0.15, 0.2) is 0 Å². The normalized spacial score (nSPS) is 12.7. The maximum atomic E-state index is 6.26. The predicted octanol–water partition coefficient (Wildman–Crippen LogP) is 3.70. The summed E-state index contributed by atoms with van der Waals surface area (Å²) in [4.78, 5) is 9.91. The van der Waals surface area contributed by atoms with Gasteiger partial charge < -0.3 is 5.73 Å². The van der Waals surface area contributed by atoms with Crippen LogP contribution in [0.15, 0.2) is 46.5 Å². The number of hydrogen-bond acceptors (Lipinski definition) is 4. The van der Waals surface area contributed by atoms with Gasteiger partial charge >= 0.3 is 0 Å². The highest BCUT2D eigenvalue weighted by atomic mass is 79.9. The van der Waals surface area contributed by atoms with Crippen molar-refractivity contribution < 1.29 is 0 Å². The van der Waals surface area contributed by atoms with Gasteiger partial charge in [-0.25, -0.2) is 4.98 Å². The molecular formula is C14H12BrN3S. The Balaban J connectivity index is 1.97. The molecule has 0 aliphatic heterocycles. The van der Waals surface area contributed by atoms with Crippen LogP contribution >= 0.6 is 27.3 Å². The third-order valence-electron chi connectivity index (χ3n) is 2.96. The van der Waals surface area contributed by atoms with E-state index in [9.17, 15) is 0 Å². The van der Waals surface area contributed by atoms with E-state index in [4.69, 9.17) is 5.73 Å². The second kappa shape index (κ2) is 5.36. The average molecular weight is 334 g/mol. The van der Waals surface area contributed by atoms with Gasteiger partial charge in [-0.3, -0.25) is 4.98 Å². The van der Waals surface area contributed by atoms with E-state index in [2.05, 4.69) is 32.0 Å². The maximum absolute atomic E-state index is 6.26. The summed E-state index contributed by atoms with van der Waals surface area (Å²) in [6, 6.07) is 10.00. The summed E-state index contributed by atoms with van der Waals surface area (Å²) < 4.78 is 0.961. The topological polar surface area (TPSA) is 51.8 Å². The Hall–Kier alpha value is -1.30. The number of pyridine rings is 1. The first-order valence-corrected chi connectivity index (χ1v) is 7.59. The van der Waals surface area contributed by atoms with Crippen LogP contribution in [-0.4, -0.2) is 9.97 Å². The van der Waals surface area contributed by atoms with E-state index in [1.807, 2.05) is 36.0 Å². The van der Waals surface area contributed by atoms with Gasteiger partial charge in [0.1, 0.15) is 0 Å². The zero-order valence-electron chi connectivity index (χ0n) is 10.1. The van der Waals surface area contributed by atoms with Crippen LogP contribution in [-0.2, 0) is 6.42 Å². The van der Waals surface area contributed by atoms with Gasteiger partial charge in [-0.2, -0.15) is 0 Å². The van der Waals surface area contributed by atoms with Gasteiger partial charge in [0, 0.05) is 27.4 Å². The molecule has 0 fully saturated rings. The Morgan fingerprint density at radius 3 is 2.95 bits per heavy atom. The molecule has 96 valence electrons. The minimum absolute atomic E-state index is 0.126. The molecule has 0 aliphatic rings. The van der Waals surface area contributed by atoms with Gasteiger partial charge in [0.25, 0.3) is 0 Å². The SMILES string of the molecule is NC(Cc1cncs1)c1nc2ccccc2cc1Br. The van der Waals surface area contributed by atoms with Crippen LogP contribution in [0.3, 0.4) is 0 Å². The highest BCUT2D eigenvalue weighted by molar-refractivity contribution is 9.10. The molecule has 1 aromatic carbocycles. The summed E-state index contributed by atoms with van der Waals surface area (Å²) in [6.07, 6.45) is 2.62. The Bertz CT molecular complexity index is 697. The van der Waals surface area contributed by atoms with E-state index < -0.39 is 0 Å². The van der Waals surface area contributed by atoms with Crippen molar-refractivity contribution in [3.8, 4) is 0 Å². The number of halogens is 1. The molecule has 19 heavy (non-hydrogen) atoms. The number of thiazole rings is 1. The van der Waals surface area contributed by atoms with Crippen molar-refractivity contribution in [1.82, 2.24) is 9.97 Å². The third kappa shape index (κ3) is 2.68. The van der Waals surface area contributed by atoms with Crippen LogP contribution < -0.4 is 5.73 Å². The zero-order chi connectivity index (χ0) is 13.2. The van der Waals surface area contributed by atoms with Crippen molar-refractivity contribution in [2.45, 2.75) is 12.5 Å². The minimum atomic E-state index is -0.126. The average Bonchev–Trinajstić information content (AvgIpc) is 2.90. The quantitative estimate of drug-likeness (QED) is 0.795. The summed E-state index contributed by atoms with van der Waals surface area (Å²) in [7, 11) is 0. The second-order valence-electron chi connectivity index (χ2n) is 4.33. The van der Waals surface area contributed by atoms with Gasteiger partial charge in [-0.1, -0.05) is 18.2 Å². The Morgan fingerprint density at radius 1 is 1.32 bits per heavy atom. The first-order valence-electron chi connectivity index (χ1n) is 5.92. The number of para-hydroxylation sites is 1. The first-order chi connectivity index (χ1) is 9.24. The third-order valence-corrected chi connectivity index (χ3v) is 4.40. The molecule has 2 heterocycles. The smallest absolute Gasteiger partial charge is 0.0794 e. The molecule has 0 amide bonds. The largest absolute Gasteiger partial charge is 0.322 e. The van der Waals surface area contributed by atoms with Gasteiger partial charge in [-0.05, 0) is 28.1 Å². The van der Waals surface area contributed by atoms with Gasteiger partial charge in [0.05, 0.1) is 22.8 Å². The molecule has 3 nitrogen and oxygen atoms in total. The Labute approximate surface area is 123 Å². The van der Waals surface area contributed by atoms with Crippen LogP contribution in [0.5, 0.6) is 0 Å². The summed E-state index contributed by atoms with van der Waals surface area (Å²) in [6.45, 7) is 0. The molecule has 0 saturated carbocycles. The molecule has 2 N–H and O–H groups in total. The number of fused-ring (bicyclic) bond motifs is 1. The first kappa shape index (κ1) is 12.7. The van der Waals surface area contributed by atoms with Crippen LogP contribution in [0.2, 0.25) is 0 Å². The molecule has 0 saturated heterocycles. The van der Waals surface area contributed by atoms with E-state index in [0.717, 1.165) is 27.5 Å². The zero-order valence-corrected chi connectivity index (χ0v) is 12.5. The van der Waals surface area contributed by atoms with E-state index >= 15 is 0 Å². The monoisotopic (exact) mass is 333 g/mol.